The lowest BCUT2D eigenvalue weighted by atomic mass is 10.2. The van der Waals surface area contributed by atoms with Crippen molar-refractivity contribution >= 4 is 27.3 Å². The zero-order valence-corrected chi connectivity index (χ0v) is 19.1. The molecule has 4 rings (SSSR count). The van der Waals surface area contributed by atoms with Crippen molar-refractivity contribution in [2.24, 2.45) is 7.05 Å². The van der Waals surface area contributed by atoms with Gasteiger partial charge < -0.3 is 19.7 Å². The summed E-state index contributed by atoms with van der Waals surface area (Å²) in [6.07, 6.45) is 3.28. The summed E-state index contributed by atoms with van der Waals surface area (Å²) in [5.41, 5.74) is 2.05. The number of aromatic nitrogens is 1. The number of para-hydroxylation sites is 2. The summed E-state index contributed by atoms with van der Waals surface area (Å²) in [6, 6.07) is 9.26. The second-order valence-corrected chi connectivity index (χ2v) is 10.1. The molecule has 0 atom stereocenters. The smallest absolute Gasteiger partial charge is 0.272 e. The number of hydrogen-bond donors (Lipinski definition) is 1. The van der Waals surface area contributed by atoms with Gasteiger partial charge >= 0.3 is 0 Å². The molecule has 1 amide bonds. The Balaban J connectivity index is 1.53. The van der Waals surface area contributed by atoms with E-state index in [1.807, 2.05) is 24.3 Å². The second kappa shape index (κ2) is 9.02. The maximum atomic E-state index is 13.1. The van der Waals surface area contributed by atoms with Crippen LogP contribution in [-0.4, -0.2) is 73.9 Å². The minimum Gasteiger partial charge on any atom is -0.367 e. The van der Waals surface area contributed by atoms with E-state index in [0.717, 1.165) is 56.9 Å². The van der Waals surface area contributed by atoms with Crippen LogP contribution in [0.1, 0.15) is 30.3 Å². The normalized spacial score (nSPS) is 18.5. The Morgan fingerprint density at radius 2 is 1.71 bits per heavy atom. The fraction of sp³-hybridized carbons (Fsp3) is 0.500. The van der Waals surface area contributed by atoms with Gasteiger partial charge in [0.15, 0.2) is 0 Å². The van der Waals surface area contributed by atoms with Gasteiger partial charge in [-0.15, -0.1) is 0 Å². The van der Waals surface area contributed by atoms with Gasteiger partial charge in [-0.3, -0.25) is 4.79 Å². The van der Waals surface area contributed by atoms with E-state index in [0.29, 0.717) is 18.8 Å². The summed E-state index contributed by atoms with van der Waals surface area (Å²) in [4.78, 5) is 17.9. The van der Waals surface area contributed by atoms with Gasteiger partial charge in [-0.1, -0.05) is 19.1 Å². The number of hydrogen-bond acceptors (Lipinski definition) is 5. The maximum Gasteiger partial charge on any atom is 0.272 e. The van der Waals surface area contributed by atoms with Gasteiger partial charge in [0.2, 0.25) is 10.0 Å². The number of benzene rings is 1. The SMILES string of the molecule is CCN1CCN(c2ccccc2NC(=O)c2cc(S(=O)(=O)N3CCCC3)cn2C)CC1. The molecule has 2 aliphatic heterocycles. The standard InChI is InChI=1S/C22H31N5O3S/c1-3-25-12-14-26(15-13-25)20-9-5-4-8-19(20)23-22(28)21-16-18(17-24(21)2)31(29,30)27-10-6-7-11-27/h4-5,8-9,16-17H,3,6-7,10-15H2,1-2H3,(H,23,28). The number of amides is 1. The first-order valence-corrected chi connectivity index (χ1v) is 12.4. The summed E-state index contributed by atoms with van der Waals surface area (Å²) in [5, 5.41) is 3.00. The molecule has 0 saturated carbocycles. The topological polar surface area (TPSA) is 77.9 Å². The van der Waals surface area contributed by atoms with Crippen LogP contribution in [0.3, 0.4) is 0 Å². The summed E-state index contributed by atoms with van der Waals surface area (Å²) >= 11 is 0. The molecule has 8 nitrogen and oxygen atoms in total. The van der Waals surface area contributed by atoms with Gasteiger partial charge in [-0.05, 0) is 37.6 Å². The number of carbonyl (C=O) groups is 1. The number of nitrogens with zero attached hydrogens (tertiary/aromatic N) is 4. The number of likely N-dealkylation sites (N-methyl/N-ethyl adjacent to an activating group) is 1. The van der Waals surface area contributed by atoms with Crippen molar-refractivity contribution in [2.45, 2.75) is 24.7 Å². The zero-order chi connectivity index (χ0) is 22.0. The molecule has 9 heteroatoms. The fourth-order valence-electron chi connectivity index (χ4n) is 4.33. The Morgan fingerprint density at radius 1 is 1.03 bits per heavy atom. The minimum atomic E-state index is -3.56. The molecule has 2 aromatic rings. The molecule has 0 spiro atoms. The Hall–Kier alpha value is -2.36. The van der Waals surface area contributed by atoms with E-state index in [1.54, 1.807) is 11.6 Å². The van der Waals surface area contributed by atoms with E-state index >= 15 is 0 Å². The molecule has 3 heterocycles. The second-order valence-electron chi connectivity index (χ2n) is 8.18. The first-order valence-electron chi connectivity index (χ1n) is 10.9. The highest BCUT2D eigenvalue weighted by atomic mass is 32.2. The Labute approximate surface area is 184 Å². The third-order valence-electron chi connectivity index (χ3n) is 6.23. The highest BCUT2D eigenvalue weighted by Crippen LogP contribution is 2.28. The molecule has 1 aromatic heterocycles. The van der Waals surface area contributed by atoms with E-state index in [1.165, 1.54) is 16.6 Å². The average Bonchev–Trinajstić information content (AvgIpc) is 3.45. The first-order chi connectivity index (χ1) is 14.9. The van der Waals surface area contributed by atoms with E-state index < -0.39 is 10.0 Å². The predicted octanol–water partition coefficient (Wildman–Crippen LogP) is 2.20. The van der Waals surface area contributed by atoms with Crippen LogP contribution >= 0.6 is 0 Å². The lowest BCUT2D eigenvalue weighted by Crippen LogP contribution is -2.46. The van der Waals surface area contributed by atoms with Crippen LogP contribution in [0.15, 0.2) is 41.4 Å². The third kappa shape index (κ3) is 4.49. The fourth-order valence-corrected chi connectivity index (χ4v) is 5.91. The van der Waals surface area contributed by atoms with E-state index in [2.05, 4.69) is 22.0 Å². The molecule has 0 aliphatic carbocycles. The average molecular weight is 446 g/mol. The van der Waals surface area contributed by atoms with Crippen LogP contribution in [-0.2, 0) is 17.1 Å². The molecule has 1 aromatic carbocycles. The molecular weight excluding hydrogens is 414 g/mol. The van der Waals surface area contributed by atoms with Gasteiger partial charge in [0.25, 0.3) is 5.91 Å². The number of sulfonamides is 1. The van der Waals surface area contributed by atoms with E-state index in [4.69, 9.17) is 0 Å². The highest BCUT2D eigenvalue weighted by Gasteiger charge is 2.29. The van der Waals surface area contributed by atoms with Crippen LogP contribution in [0.5, 0.6) is 0 Å². The number of anilines is 2. The summed E-state index contributed by atoms with van der Waals surface area (Å²) in [7, 11) is -1.86. The van der Waals surface area contributed by atoms with Crippen LogP contribution in [0, 0.1) is 0 Å². The van der Waals surface area contributed by atoms with Gasteiger partial charge in [-0.25, -0.2) is 8.42 Å². The van der Waals surface area contributed by atoms with E-state index in [9.17, 15) is 13.2 Å². The van der Waals surface area contributed by atoms with Gasteiger partial charge in [-0.2, -0.15) is 4.31 Å². The highest BCUT2D eigenvalue weighted by molar-refractivity contribution is 7.89. The van der Waals surface area contributed by atoms with Gasteiger partial charge in [0.1, 0.15) is 10.6 Å². The molecule has 2 saturated heterocycles. The van der Waals surface area contributed by atoms with Crippen molar-refractivity contribution in [2.75, 3.05) is 56.0 Å². The molecule has 0 radical (unpaired) electrons. The molecule has 1 N–H and O–H groups in total. The Morgan fingerprint density at radius 3 is 2.39 bits per heavy atom. The van der Waals surface area contributed by atoms with Crippen molar-refractivity contribution in [1.29, 1.82) is 0 Å². The molecule has 0 unspecified atom stereocenters. The minimum absolute atomic E-state index is 0.172. The number of aryl methyl sites for hydroxylation is 1. The van der Waals surface area contributed by atoms with Crippen molar-refractivity contribution in [1.82, 2.24) is 13.8 Å². The number of rotatable bonds is 6. The van der Waals surface area contributed by atoms with Crippen molar-refractivity contribution in [3.63, 3.8) is 0 Å². The maximum absolute atomic E-state index is 13.1. The summed E-state index contributed by atoms with van der Waals surface area (Å²) in [6.45, 7) is 8.09. The lowest BCUT2D eigenvalue weighted by molar-refractivity contribution is 0.101. The van der Waals surface area contributed by atoms with Crippen LogP contribution < -0.4 is 10.2 Å². The lowest BCUT2D eigenvalue weighted by Gasteiger charge is -2.36. The predicted molar refractivity (Wildman–Crippen MR) is 122 cm³/mol. The molecule has 2 aliphatic rings. The molecular formula is C22H31N5O3S. The van der Waals surface area contributed by atoms with Crippen LogP contribution in [0.4, 0.5) is 11.4 Å². The van der Waals surface area contributed by atoms with Crippen molar-refractivity contribution in [3.8, 4) is 0 Å². The summed E-state index contributed by atoms with van der Waals surface area (Å²) in [5.74, 6) is -0.315. The molecule has 0 bridgehead atoms. The van der Waals surface area contributed by atoms with Crippen LogP contribution in [0.2, 0.25) is 0 Å². The Kier molecular flexibility index (Phi) is 6.36. The van der Waals surface area contributed by atoms with Crippen LogP contribution in [0.25, 0.3) is 0 Å². The van der Waals surface area contributed by atoms with Gasteiger partial charge in [0.05, 0.1) is 11.4 Å². The number of carbonyl (C=O) groups excluding carboxylic acids is 1. The van der Waals surface area contributed by atoms with E-state index in [-0.39, 0.29) is 10.8 Å². The monoisotopic (exact) mass is 445 g/mol. The van der Waals surface area contributed by atoms with Crippen molar-refractivity contribution < 1.29 is 13.2 Å². The number of piperazine rings is 1. The number of nitrogens with one attached hydrogen (secondary N) is 1. The quantitative estimate of drug-likeness (QED) is 0.738. The van der Waals surface area contributed by atoms with Gasteiger partial charge in [0, 0.05) is 52.5 Å². The zero-order valence-electron chi connectivity index (χ0n) is 18.2. The van der Waals surface area contributed by atoms with Crippen molar-refractivity contribution in [3.05, 3.63) is 42.2 Å². The Bertz CT molecular complexity index is 1040. The third-order valence-corrected chi connectivity index (χ3v) is 8.09. The summed E-state index contributed by atoms with van der Waals surface area (Å²) < 4.78 is 28.8. The molecule has 2 fully saturated rings. The largest absolute Gasteiger partial charge is 0.367 e. The molecule has 168 valence electrons. The first kappa shape index (κ1) is 21.9. The molecule has 31 heavy (non-hydrogen) atoms.